The van der Waals surface area contributed by atoms with Crippen molar-refractivity contribution in [3.8, 4) is 0 Å². The first-order valence-corrected chi connectivity index (χ1v) is 15.2. The lowest BCUT2D eigenvalue weighted by Gasteiger charge is -2.31. The highest BCUT2D eigenvalue weighted by molar-refractivity contribution is 6.84. The molecule has 6 heteroatoms. The van der Waals surface area contributed by atoms with Gasteiger partial charge in [-0.25, -0.2) is 0 Å². The van der Waals surface area contributed by atoms with Crippen LogP contribution in [0.4, 0.5) is 0 Å². The fourth-order valence-electron chi connectivity index (χ4n) is 2.60. The summed E-state index contributed by atoms with van der Waals surface area (Å²) in [5.41, 5.74) is 0. The number of carbonyl (C=O) groups excluding carboxylic acids is 1. The Morgan fingerprint density at radius 1 is 1.00 bits per heavy atom. The molecule has 1 amide bonds. The van der Waals surface area contributed by atoms with Crippen LogP contribution in [0.3, 0.4) is 0 Å². The molecule has 0 aromatic heterocycles. The van der Waals surface area contributed by atoms with E-state index in [1.807, 2.05) is 0 Å². The van der Waals surface area contributed by atoms with E-state index in [9.17, 15) is 4.79 Å². The summed E-state index contributed by atoms with van der Waals surface area (Å²) in [6.45, 7) is 13.2. The van der Waals surface area contributed by atoms with Crippen LogP contribution in [0.2, 0.25) is 38.8 Å². The fourth-order valence-corrected chi connectivity index (χ4v) is 10.7. The summed E-state index contributed by atoms with van der Waals surface area (Å²) >= 11 is 0. The van der Waals surface area contributed by atoms with Crippen molar-refractivity contribution in [2.24, 2.45) is 0 Å². The van der Waals surface area contributed by atoms with Crippen LogP contribution in [0.5, 0.6) is 0 Å². The normalized spacial score (nSPS) is 12.7. The number of carbonyl (C=O) groups is 1. The molecule has 0 aliphatic carbocycles. The summed E-state index contributed by atoms with van der Waals surface area (Å²) in [6.07, 6.45) is 5.01. The third-order valence-electron chi connectivity index (χ3n) is 3.37. The van der Waals surface area contributed by atoms with Gasteiger partial charge in [-0.3, -0.25) is 4.79 Å². The summed E-state index contributed by atoms with van der Waals surface area (Å²) in [5.74, 6) is 0.204. The number of nitrogens with one attached hydrogen (secondary N) is 1. The molecular formula is C16H38N2O2Si2. The molecule has 0 aromatic carbocycles. The van der Waals surface area contributed by atoms with Crippen molar-refractivity contribution in [2.75, 3.05) is 27.2 Å². The highest BCUT2D eigenvalue weighted by atomic mass is 28.4. The van der Waals surface area contributed by atoms with Gasteiger partial charge in [0.15, 0.2) is 16.6 Å². The molecule has 0 heterocycles. The Balaban J connectivity index is 3.64. The Kier molecular flexibility index (Phi) is 10.5. The van der Waals surface area contributed by atoms with Crippen LogP contribution in [-0.4, -0.2) is 54.6 Å². The largest absolute Gasteiger partial charge is 0.456 e. The van der Waals surface area contributed by atoms with Crippen molar-refractivity contribution in [1.82, 2.24) is 10.2 Å². The Labute approximate surface area is 140 Å². The molecule has 22 heavy (non-hydrogen) atoms. The van der Waals surface area contributed by atoms with Gasteiger partial charge in [0, 0.05) is 13.0 Å². The van der Waals surface area contributed by atoms with E-state index >= 15 is 0 Å². The van der Waals surface area contributed by atoms with E-state index in [1.54, 1.807) is 0 Å². The standard InChI is InChI=1S/C16H38N2O2Si2/c1-18(2)14-10-8-9-12-16(19)17-13-11-15-22(6,7)20-21(3,4)5/h8-15H2,1-7H3,(H,17,19). The van der Waals surface area contributed by atoms with Gasteiger partial charge in [0.1, 0.15) is 0 Å². The quantitative estimate of drug-likeness (QED) is 0.433. The average Bonchev–Trinajstić information content (AvgIpc) is 2.31. The molecule has 1 N–H and O–H groups in total. The van der Waals surface area contributed by atoms with E-state index in [-0.39, 0.29) is 5.91 Å². The van der Waals surface area contributed by atoms with Crippen LogP contribution in [-0.2, 0) is 8.91 Å². The van der Waals surface area contributed by atoms with Crippen molar-refractivity contribution in [1.29, 1.82) is 0 Å². The molecule has 132 valence electrons. The third-order valence-corrected chi connectivity index (χ3v) is 9.59. The van der Waals surface area contributed by atoms with E-state index in [4.69, 9.17) is 4.12 Å². The van der Waals surface area contributed by atoms with Crippen molar-refractivity contribution in [3.05, 3.63) is 0 Å². The van der Waals surface area contributed by atoms with Gasteiger partial charge < -0.3 is 14.3 Å². The van der Waals surface area contributed by atoms with E-state index < -0.39 is 16.6 Å². The minimum Gasteiger partial charge on any atom is -0.456 e. The van der Waals surface area contributed by atoms with E-state index in [0.717, 1.165) is 38.4 Å². The lowest BCUT2D eigenvalue weighted by atomic mass is 10.2. The van der Waals surface area contributed by atoms with Crippen LogP contribution in [0.1, 0.15) is 32.1 Å². The molecule has 4 nitrogen and oxygen atoms in total. The predicted molar refractivity (Wildman–Crippen MR) is 101 cm³/mol. The number of hydrogen-bond acceptors (Lipinski definition) is 3. The minimum absolute atomic E-state index is 0.204. The Bertz CT molecular complexity index is 316. The first kappa shape index (κ1) is 21.8. The molecule has 0 aliphatic rings. The summed E-state index contributed by atoms with van der Waals surface area (Å²) in [6, 6.07) is 1.13. The van der Waals surface area contributed by atoms with Crippen molar-refractivity contribution < 1.29 is 8.91 Å². The van der Waals surface area contributed by atoms with Crippen LogP contribution >= 0.6 is 0 Å². The zero-order valence-corrected chi connectivity index (χ0v) is 17.9. The van der Waals surface area contributed by atoms with Crippen LogP contribution in [0.15, 0.2) is 0 Å². The molecule has 0 aromatic rings. The van der Waals surface area contributed by atoms with Crippen molar-refractivity contribution >= 4 is 22.5 Å². The molecule has 0 atom stereocenters. The molecular weight excluding hydrogens is 308 g/mol. The number of hydrogen-bond donors (Lipinski definition) is 1. The number of unbranched alkanes of at least 4 members (excludes halogenated alkanes) is 2. The van der Waals surface area contributed by atoms with E-state index in [2.05, 4.69) is 57.0 Å². The second kappa shape index (κ2) is 10.6. The van der Waals surface area contributed by atoms with Gasteiger partial charge in [0.05, 0.1) is 0 Å². The Morgan fingerprint density at radius 2 is 1.64 bits per heavy atom. The van der Waals surface area contributed by atoms with Gasteiger partial charge in [0.2, 0.25) is 5.91 Å². The highest BCUT2D eigenvalue weighted by Crippen LogP contribution is 2.19. The maximum absolute atomic E-state index is 11.8. The molecule has 0 radical (unpaired) electrons. The Morgan fingerprint density at radius 3 is 2.18 bits per heavy atom. The molecule has 0 rings (SSSR count). The second-order valence-corrected chi connectivity index (χ2v) is 17.1. The molecule has 0 aliphatic heterocycles. The third kappa shape index (κ3) is 14.7. The molecule has 0 fully saturated rings. The van der Waals surface area contributed by atoms with Crippen LogP contribution in [0, 0.1) is 0 Å². The van der Waals surface area contributed by atoms with Crippen molar-refractivity contribution in [3.63, 3.8) is 0 Å². The molecule has 0 unspecified atom stereocenters. The second-order valence-electron chi connectivity index (χ2n) is 8.04. The number of rotatable bonds is 12. The SMILES string of the molecule is CN(C)CCCCCC(=O)NCCC[Si](C)(C)O[Si](C)(C)C. The molecule has 0 spiro atoms. The van der Waals surface area contributed by atoms with Gasteiger partial charge in [-0.1, -0.05) is 6.42 Å². The summed E-state index contributed by atoms with van der Waals surface area (Å²) in [4.78, 5) is 13.9. The predicted octanol–water partition coefficient (Wildman–Crippen LogP) is 3.67. The maximum atomic E-state index is 11.8. The van der Waals surface area contributed by atoms with Gasteiger partial charge in [0.25, 0.3) is 0 Å². The van der Waals surface area contributed by atoms with E-state index in [0.29, 0.717) is 6.42 Å². The molecule has 0 saturated heterocycles. The topological polar surface area (TPSA) is 41.6 Å². The van der Waals surface area contributed by atoms with Crippen LogP contribution in [0.25, 0.3) is 0 Å². The average molecular weight is 347 g/mol. The van der Waals surface area contributed by atoms with Crippen LogP contribution < -0.4 is 5.32 Å². The molecule has 0 saturated carbocycles. The zero-order chi connectivity index (χ0) is 17.2. The lowest BCUT2D eigenvalue weighted by Crippen LogP contribution is -2.42. The first-order chi connectivity index (χ1) is 10.0. The smallest absolute Gasteiger partial charge is 0.219 e. The van der Waals surface area contributed by atoms with Gasteiger partial charge >= 0.3 is 0 Å². The Hall–Kier alpha value is -0.176. The summed E-state index contributed by atoms with van der Waals surface area (Å²) in [5, 5.41) is 3.05. The summed E-state index contributed by atoms with van der Waals surface area (Å²) in [7, 11) is 1.18. The number of amides is 1. The van der Waals surface area contributed by atoms with E-state index in [1.165, 1.54) is 6.42 Å². The van der Waals surface area contributed by atoms with Crippen molar-refractivity contribution in [2.45, 2.75) is 70.9 Å². The molecule has 0 bridgehead atoms. The monoisotopic (exact) mass is 346 g/mol. The lowest BCUT2D eigenvalue weighted by molar-refractivity contribution is -0.121. The highest BCUT2D eigenvalue weighted by Gasteiger charge is 2.28. The van der Waals surface area contributed by atoms with Gasteiger partial charge in [-0.15, -0.1) is 0 Å². The fraction of sp³-hybridized carbons (Fsp3) is 0.938. The minimum atomic E-state index is -1.55. The van der Waals surface area contributed by atoms with Gasteiger partial charge in [-0.2, -0.15) is 0 Å². The summed E-state index contributed by atoms with van der Waals surface area (Å²) < 4.78 is 6.30. The maximum Gasteiger partial charge on any atom is 0.219 e. The first-order valence-electron chi connectivity index (χ1n) is 8.63. The van der Waals surface area contributed by atoms with Gasteiger partial charge in [-0.05, 0) is 78.7 Å². The zero-order valence-electron chi connectivity index (χ0n) is 15.9. The number of nitrogens with zero attached hydrogens (tertiary/aromatic N) is 1.